The van der Waals surface area contributed by atoms with Crippen molar-refractivity contribution in [2.45, 2.75) is 46.1 Å². The molecule has 26 heavy (non-hydrogen) atoms. The first-order chi connectivity index (χ1) is 12.4. The standard InChI is InChI=1S/C20H29N3O3/c1-14(2)18(22-19(25)16-9-5-4-8-15(16)3)20(26)21-11-7-13-23-12-6-10-17(23)24/h4-5,8-9,14,18H,6-7,10-13H2,1-3H3,(H,21,26)(H,22,25)/t18-/m0/s1. The lowest BCUT2D eigenvalue weighted by Crippen LogP contribution is -2.50. The smallest absolute Gasteiger partial charge is 0.252 e. The summed E-state index contributed by atoms with van der Waals surface area (Å²) in [6.07, 6.45) is 2.27. The third-order valence-electron chi connectivity index (χ3n) is 4.70. The zero-order chi connectivity index (χ0) is 19.1. The summed E-state index contributed by atoms with van der Waals surface area (Å²) in [5.41, 5.74) is 1.46. The van der Waals surface area contributed by atoms with Crippen molar-refractivity contribution in [1.82, 2.24) is 15.5 Å². The maximum atomic E-state index is 12.5. The van der Waals surface area contributed by atoms with Gasteiger partial charge in [-0.3, -0.25) is 14.4 Å². The minimum Gasteiger partial charge on any atom is -0.354 e. The Balaban J connectivity index is 1.84. The summed E-state index contributed by atoms with van der Waals surface area (Å²) in [5.74, 6) is -0.251. The molecule has 0 saturated carbocycles. The van der Waals surface area contributed by atoms with Crippen LogP contribution in [0.5, 0.6) is 0 Å². The molecule has 0 aliphatic carbocycles. The van der Waals surface area contributed by atoms with Crippen LogP contribution in [0.15, 0.2) is 24.3 Å². The van der Waals surface area contributed by atoms with Crippen molar-refractivity contribution in [2.24, 2.45) is 5.92 Å². The number of carbonyl (C=O) groups excluding carboxylic acids is 3. The monoisotopic (exact) mass is 359 g/mol. The number of rotatable bonds is 8. The molecule has 0 bridgehead atoms. The number of benzene rings is 1. The Morgan fingerprint density at radius 3 is 2.58 bits per heavy atom. The second-order valence-electron chi connectivity index (χ2n) is 7.14. The lowest BCUT2D eigenvalue weighted by Gasteiger charge is -2.22. The second kappa shape index (κ2) is 9.36. The van der Waals surface area contributed by atoms with Crippen molar-refractivity contribution in [3.8, 4) is 0 Å². The summed E-state index contributed by atoms with van der Waals surface area (Å²) < 4.78 is 0. The molecule has 1 aliphatic heterocycles. The quantitative estimate of drug-likeness (QED) is 0.696. The predicted octanol–water partition coefficient (Wildman–Crippen LogP) is 1.88. The van der Waals surface area contributed by atoms with Crippen LogP contribution in [-0.2, 0) is 9.59 Å². The molecule has 6 heteroatoms. The summed E-state index contributed by atoms with van der Waals surface area (Å²) in [6, 6.07) is 6.73. The fraction of sp³-hybridized carbons (Fsp3) is 0.550. The van der Waals surface area contributed by atoms with Gasteiger partial charge in [-0.2, -0.15) is 0 Å². The summed E-state index contributed by atoms with van der Waals surface area (Å²) in [5, 5.41) is 5.73. The maximum Gasteiger partial charge on any atom is 0.252 e. The number of hydrogen-bond donors (Lipinski definition) is 2. The van der Waals surface area contributed by atoms with E-state index in [9.17, 15) is 14.4 Å². The highest BCUT2D eigenvalue weighted by atomic mass is 16.2. The van der Waals surface area contributed by atoms with Crippen molar-refractivity contribution >= 4 is 17.7 Å². The topological polar surface area (TPSA) is 78.5 Å². The largest absolute Gasteiger partial charge is 0.354 e. The van der Waals surface area contributed by atoms with Gasteiger partial charge in [-0.25, -0.2) is 0 Å². The van der Waals surface area contributed by atoms with Crippen LogP contribution in [0.3, 0.4) is 0 Å². The number of amides is 3. The maximum absolute atomic E-state index is 12.5. The number of carbonyl (C=O) groups is 3. The van der Waals surface area contributed by atoms with E-state index in [1.54, 1.807) is 6.07 Å². The molecule has 142 valence electrons. The van der Waals surface area contributed by atoms with E-state index in [2.05, 4.69) is 10.6 Å². The van der Waals surface area contributed by atoms with E-state index in [0.29, 0.717) is 31.5 Å². The number of likely N-dealkylation sites (tertiary alicyclic amines) is 1. The van der Waals surface area contributed by atoms with E-state index in [-0.39, 0.29) is 23.6 Å². The van der Waals surface area contributed by atoms with Crippen LogP contribution >= 0.6 is 0 Å². The van der Waals surface area contributed by atoms with E-state index in [1.807, 2.05) is 43.9 Å². The molecule has 0 spiro atoms. The van der Waals surface area contributed by atoms with E-state index in [0.717, 1.165) is 18.5 Å². The van der Waals surface area contributed by atoms with Crippen molar-refractivity contribution in [3.05, 3.63) is 35.4 Å². The molecule has 2 N–H and O–H groups in total. The molecule has 1 aliphatic rings. The van der Waals surface area contributed by atoms with Crippen molar-refractivity contribution in [2.75, 3.05) is 19.6 Å². The summed E-state index contributed by atoms with van der Waals surface area (Å²) in [7, 11) is 0. The van der Waals surface area contributed by atoms with Gasteiger partial charge in [-0.05, 0) is 37.3 Å². The van der Waals surface area contributed by atoms with Gasteiger partial charge >= 0.3 is 0 Å². The van der Waals surface area contributed by atoms with E-state index >= 15 is 0 Å². The van der Waals surface area contributed by atoms with Gasteiger partial charge in [0, 0.05) is 31.6 Å². The molecule has 3 amide bonds. The summed E-state index contributed by atoms with van der Waals surface area (Å²) in [6.45, 7) is 7.66. The van der Waals surface area contributed by atoms with E-state index in [4.69, 9.17) is 0 Å². The van der Waals surface area contributed by atoms with Gasteiger partial charge in [0.1, 0.15) is 6.04 Å². The van der Waals surface area contributed by atoms with Crippen LogP contribution in [0.2, 0.25) is 0 Å². The van der Waals surface area contributed by atoms with Gasteiger partial charge in [-0.15, -0.1) is 0 Å². The molecule has 0 unspecified atom stereocenters. The van der Waals surface area contributed by atoms with Crippen LogP contribution in [0.4, 0.5) is 0 Å². The first-order valence-corrected chi connectivity index (χ1v) is 9.32. The lowest BCUT2D eigenvalue weighted by atomic mass is 10.0. The predicted molar refractivity (Wildman–Crippen MR) is 101 cm³/mol. The Bertz CT molecular complexity index is 657. The van der Waals surface area contributed by atoms with Crippen LogP contribution < -0.4 is 10.6 Å². The first-order valence-electron chi connectivity index (χ1n) is 9.32. The normalized spacial score (nSPS) is 15.2. The number of nitrogens with one attached hydrogen (secondary N) is 2. The molecule has 6 nitrogen and oxygen atoms in total. The second-order valence-corrected chi connectivity index (χ2v) is 7.14. The molecule has 1 aromatic rings. The van der Waals surface area contributed by atoms with Crippen LogP contribution in [-0.4, -0.2) is 48.3 Å². The molecule has 1 heterocycles. The van der Waals surface area contributed by atoms with Gasteiger partial charge in [0.05, 0.1) is 0 Å². The fourth-order valence-electron chi connectivity index (χ4n) is 3.11. The first kappa shape index (κ1) is 19.9. The Morgan fingerprint density at radius 1 is 1.23 bits per heavy atom. The van der Waals surface area contributed by atoms with Crippen LogP contribution in [0.25, 0.3) is 0 Å². The highest BCUT2D eigenvalue weighted by molar-refractivity contribution is 5.98. The van der Waals surface area contributed by atoms with Crippen molar-refractivity contribution in [1.29, 1.82) is 0 Å². The molecule has 1 atom stereocenters. The Morgan fingerprint density at radius 2 is 1.96 bits per heavy atom. The van der Waals surface area contributed by atoms with Crippen molar-refractivity contribution < 1.29 is 14.4 Å². The Kier molecular flexibility index (Phi) is 7.18. The SMILES string of the molecule is Cc1ccccc1C(=O)N[C@H](C(=O)NCCCN1CCCC1=O)C(C)C. The van der Waals surface area contributed by atoms with Gasteiger partial charge in [0.25, 0.3) is 5.91 Å². The summed E-state index contributed by atoms with van der Waals surface area (Å²) >= 11 is 0. The molecule has 1 aromatic carbocycles. The van der Waals surface area contributed by atoms with E-state index < -0.39 is 6.04 Å². The zero-order valence-electron chi connectivity index (χ0n) is 15.9. The minimum absolute atomic E-state index is 0.0249. The Hall–Kier alpha value is -2.37. The Labute approximate surface area is 155 Å². The van der Waals surface area contributed by atoms with E-state index in [1.165, 1.54) is 0 Å². The van der Waals surface area contributed by atoms with Gasteiger partial charge in [0.15, 0.2) is 0 Å². The van der Waals surface area contributed by atoms with Crippen molar-refractivity contribution in [3.63, 3.8) is 0 Å². The average Bonchev–Trinajstić information content (AvgIpc) is 3.01. The number of nitrogens with zero attached hydrogens (tertiary/aromatic N) is 1. The third-order valence-corrected chi connectivity index (χ3v) is 4.70. The molecule has 0 aromatic heterocycles. The van der Waals surface area contributed by atoms with Gasteiger partial charge < -0.3 is 15.5 Å². The highest BCUT2D eigenvalue weighted by Gasteiger charge is 2.25. The molecule has 1 saturated heterocycles. The minimum atomic E-state index is -0.587. The lowest BCUT2D eigenvalue weighted by molar-refractivity contribution is -0.127. The van der Waals surface area contributed by atoms with Gasteiger partial charge in [-0.1, -0.05) is 32.0 Å². The molecule has 0 radical (unpaired) electrons. The fourth-order valence-corrected chi connectivity index (χ4v) is 3.11. The summed E-state index contributed by atoms with van der Waals surface area (Å²) in [4.78, 5) is 38.4. The van der Waals surface area contributed by atoms with Gasteiger partial charge in [0.2, 0.25) is 11.8 Å². The number of aryl methyl sites for hydroxylation is 1. The zero-order valence-corrected chi connectivity index (χ0v) is 15.9. The molecule has 2 rings (SSSR count). The third kappa shape index (κ3) is 5.31. The number of hydrogen-bond acceptors (Lipinski definition) is 3. The van der Waals surface area contributed by atoms with Crippen LogP contribution in [0.1, 0.15) is 49.0 Å². The highest BCUT2D eigenvalue weighted by Crippen LogP contribution is 2.10. The molecule has 1 fully saturated rings. The molecular formula is C20H29N3O3. The van der Waals surface area contributed by atoms with Crippen LogP contribution in [0, 0.1) is 12.8 Å². The average molecular weight is 359 g/mol. The molecular weight excluding hydrogens is 330 g/mol.